The predicted octanol–water partition coefficient (Wildman–Crippen LogP) is 3.32. The van der Waals surface area contributed by atoms with Crippen LogP contribution in [0.5, 0.6) is 17.2 Å². The molecule has 0 radical (unpaired) electrons. The number of methoxy groups -OCH3 is 1. The molecule has 8 nitrogen and oxygen atoms in total. The van der Waals surface area contributed by atoms with Crippen LogP contribution in [0.4, 0.5) is 0 Å². The van der Waals surface area contributed by atoms with Crippen molar-refractivity contribution in [1.82, 2.24) is 4.90 Å². The Morgan fingerprint density at radius 2 is 2.03 bits per heavy atom. The fourth-order valence-corrected chi connectivity index (χ4v) is 5.01. The summed E-state index contributed by atoms with van der Waals surface area (Å²) >= 11 is 0. The third kappa shape index (κ3) is 3.77. The molecule has 0 unspecified atom stereocenters. The Morgan fingerprint density at radius 3 is 2.76 bits per heavy atom. The average Bonchev–Trinajstić information content (AvgIpc) is 3.53. The first-order valence-electron chi connectivity index (χ1n) is 11.4. The van der Waals surface area contributed by atoms with Crippen molar-refractivity contribution in [3.05, 3.63) is 58.7 Å². The number of hydrogen-bond acceptors (Lipinski definition) is 7. The normalized spacial score (nSPS) is 25.5. The van der Waals surface area contributed by atoms with E-state index in [-0.39, 0.29) is 41.6 Å². The monoisotopic (exact) mass is 465 g/mol. The van der Waals surface area contributed by atoms with Crippen molar-refractivity contribution in [3.63, 3.8) is 0 Å². The first kappa shape index (κ1) is 22.3. The van der Waals surface area contributed by atoms with Crippen LogP contribution in [0, 0.1) is 0 Å². The number of ketones is 1. The minimum atomic E-state index is -0.845. The molecule has 2 N–H and O–H groups in total. The van der Waals surface area contributed by atoms with Gasteiger partial charge in [0.1, 0.15) is 17.6 Å². The van der Waals surface area contributed by atoms with E-state index in [1.54, 1.807) is 30.3 Å². The molecule has 0 saturated carbocycles. The quantitative estimate of drug-likeness (QED) is 0.396. The average molecular weight is 466 g/mol. The van der Waals surface area contributed by atoms with E-state index in [0.717, 1.165) is 24.2 Å². The number of carbonyl (C=O) groups is 2. The molecule has 0 spiro atoms. The second-order valence-electron chi connectivity index (χ2n) is 8.97. The molecule has 3 aliphatic rings. The molecule has 2 aromatic carbocycles. The Hall–Kier alpha value is -3.52. The Balaban J connectivity index is 1.62. The van der Waals surface area contributed by atoms with Gasteiger partial charge in [0.2, 0.25) is 0 Å². The second-order valence-corrected chi connectivity index (χ2v) is 8.97. The summed E-state index contributed by atoms with van der Waals surface area (Å²) in [6.07, 6.45) is 2.23. The van der Waals surface area contributed by atoms with Crippen molar-refractivity contribution in [2.45, 2.75) is 44.4 Å². The molecule has 34 heavy (non-hydrogen) atoms. The third-order valence-corrected chi connectivity index (χ3v) is 6.65. The number of Topliss-reactive ketones (excluding diaryl/α,β-unsaturated/α-hetero) is 1. The highest BCUT2D eigenvalue weighted by atomic mass is 16.5. The molecule has 3 aliphatic heterocycles. The molecule has 8 heteroatoms. The van der Waals surface area contributed by atoms with E-state index >= 15 is 0 Å². The van der Waals surface area contributed by atoms with Crippen LogP contribution in [0.25, 0.3) is 5.76 Å². The van der Waals surface area contributed by atoms with Crippen molar-refractivity contribution >= 4 is 17.4 Å². The molecule has 2 saturated heterocycles. The number of fused-ring (bicyclic) bond motifs is 1. The Morgan fingerprint density at radius 1 is 1.21 bits per heavy atom. The molecule has 0 aromatic heterocycles. The number of hydrogen-bond donors (Lipinski definition) is 2. The molecule has 1 amide bonds. The van der Waals surface area contributed by atoms with Crippen LogP contribution in [0.2, 0.25) is 0 Å². The number of aliphatic hydroxyl groups excluding tert-OH is 1. The fourth-order valence-electron chi connectivity index (χ4n) is 5.01. The number of phenols is 1. The van der Waals surface area contributed by atoms with Crippen LogP contribution in [-0.2, 0) is 20.7 Å². The minimum Gasteiger partial charge on any atom is -0.507 e. The summed E-state index contributed by atoms with van der Waals surface area (Å²) in [6.45, 7) is 2.81. The van der Waals surface area contributed by atoms with Gasteiger partial charge < -0.3 is 29.3 Å². The minimum absolute atomic E-state index is 0.00246. The van der Waals surface area contributed by atoms with Gasteiger partial charge >= 0.3 is 0 Å². The summed E-state index contributed by atoms with van der Waals surface area (Å²) < 4.78 is 16.7. The number of rotatable bonds is 5. The summed E-state index contributed by atoms with van der Waals surface area (Å²) in [5.41, 5.74) is 1.93. The van der Waals surface area contributed by atoms with Crippen LogP contribution in [-0.4, -0.2) is 59.3 Å². The Bertz CT molecular complexity index is 1180. The maximum absolute atomic E-state index is 13.2. The number of carbonyl (C=O) groups excluding carboxylic acids is 2. The van der Waals surface area contributed by atoms with Gasteiger partial charge in [0.25, 0.3) is 11.7 Å². The maximum Gasteiger partial charge on any atom is 0.295 e. The highest BCUT2D eigenvalue weighted by Gasteiger charge is 2.47. The third-order valence-electron chi connectivity index (χ3n) is 6.65. The van der Waals surface area contributed by atoms with E-state index in [4.69, 9.17) is 14.2 Å². The molecule has 3 heterocycles. The molecule has 0 aliphatic carbocycles. The van der Waals surface area contributed by atoms with Gasteiger partial charge in [-0.2, -0.15) is 0 Å². The molecule has 178 valence electrons. The number of nitrogens with zero attached hydrogens (tertiary/aromatic N) is 1. The van der Waals surface area contributed by atoms with Gasteiger partial charge in [-0.05, 0) is 61.2 Å². The summed E-state index contributed by atoms with van der Waals surface area (Å²) in [7, 11) is 1.43. The van der Waals surface area contributed by atoms with Crippen LogP contribution in [0.1, 0.15) is 42.5 Å². The van der Waals surface area contributed by atoms with Crippen LogP contribution >= 0.6 is 0 Å². The fraction of sp³-hybridized carbons (Fsp3) is 0.385. The zero-order valence-corrected chi connectivity index (χ0v) is 19.1. The van der Waals surface area contributed by atoms with Crippen molar-refractivity contribution < 1.29 is 34.0 Å². The summed E-state index contributed by atoms with van der Waals surface area (Å²) in [6, 6.07) is 9.08. The summed E-state index contributed by atoms with van der Waals surface area (Å²) in [4.78, 5) is 27.8. The van der Waals surface area contributed by atoms with Gasteiger partial charge in [0.15, 0.2) is 11.5 Å². The van der Waals surface area contributed by atoms with Crippen molar-refractivity contribution in [3.8, 4) is 17.2 Å². The SMILES string of the molecule is COc1cc([C@H]2C(=C(O)c3ccc4c(c3)C[C@H](C)O4)C(=O)C(=O)N2C[C@@H]2CCCO2)ccc1O. The number of benzene rings is 2. The lowest BCUT2D eigenvalue weighted by Crippen LogP contribution is -2.36. The topological polar surface area (TPSA) is 106 Å². The lowest BCUT2D eigenvalue weighted by atomic mass is 9.94. The Labute approximate surface area is 197 Å². The van der Waals surface area contributed by atoms with E-state index in [0.29, 0.717) is 24.2 Å². The predicted molar refractivity (Wildman–Crippen MR) is 123 cm³/mol. The number of aromatic hydroxyl groups is 1. The van der Waals surface area contributed by atoms with Gasteiger partial charge in [-0.25, -0.2) is 0 Å². The molecule has 2 aromatic rings. The largest absolute Gasteiger partial charge is 0.507 e. The maximum atomic E-state index is 13.2. The van der Waals surface area contributed by atoms with E-state index < -0.39 is 17.7 Å². The van der Waals surface area contributed by atoms with Gasteiger partial charge in [0, 0.05) is 25.1 Å². The van der Waals surface area contributed by atoms with Gasteiger partial charge in [-0.1, -0.05) is 6.07 Å². The van der Waals surface area contributed by atoms with Crippen molar-refractivity contribution in [1.29, 1.82) is 0 Å². The smallest absolute Gasteiger partial charge is 0.295 e. The van der Waals surface area contributed by atoms with Crippen LogP contribution in [0.3, 0.4) is 0 Å². The van der Waals surface area contributed by atoms with Crippen molar-refractivity contribution in [2.24, 2.45) is 0 Å². The lowest BCUT2D eigenvalue weighted by Gasteiger charge is -2.27. The van der Waals surface area contributed by atoms with E-state index in [2.05, 4.69) is 0 Å². The van der Waals surface area contributed by atoms with Gasteiger partial charge in [0.05, 0.1) is 24.8 Å². The standard InChI is InChI=1S/C26H27NO7/c1-14-10-17-11-16(6-8-20(17)34-14)24(29)22-23(15-5-7-19(28)21(12-15)32-2)27(26(31)25(22)30)13-18-4-3-9-33-18/h5-8,11-12,14,18,23,28-29H,3-4,9-10,13H2,1-2H3/t14-,18-,23-/m0/s1. The van der Waals surface area contributed by atoms with E-state index in [9.17, 15) is 19.8 Å². The number of aliphatic hydroxyl groups is 1. The zero-order valence-electron chi connectivity index (χ0n) is 19.1. The highest BCUT2D eigenvalue weighted by molar-refractivity contribution is 6.46. The zero-order chi connectivity index (χ0) is 24.0. The molecule has 2 fully saturated rings. The lowest BCUT2D eigenvalue weighted by molar-refractivity contribution is -0.140. The second kappa shape index (κ2) is 8.68. The number of phenolic OH excluding ortho intramolecular Hbond substituents is 1. The van der Waals surface area contributed by atoms with Crippen LogP contribution in [0.15, 0.2) is 42.0 Å². The van der Waals surface area contributed by atoms with Crippen molar-refractivity contribution in [2.75, 3.05) is 20.3 Å². The molecule has 5 rings (SSSR count). The van der Waals surface area contributed by atoms with Crippen LogP contribution < -0.4 is 9.47 Å². The molecule has 0 bridgehead atoms. The molecule has 3 atom stereocenters. The van der Waals surface area contributed by atoms with Gasteiger partial charge in [-0.15, -0.1) is 0 Å². The molecular formula is C26H27NO7. The summed E-state index contributed by atoms with van der Waals surface area (Å²) in [5, 5.41) is 21.4. The molecular weight excluding hydrogens is 438 g/mol. The first-order chi connectivity index (χ1) is 16.4. The highest BCUT2D eigenvalue weighted by Crippen LogP contribution is 2.43. The first-order valence-corrected chi connectivity index (χ1v) is 11.4. The number of likely N-dealkylation sites (tertiary alicyclic amines) is 1. The number of amides is 1. The number of ether oxygens (including phenoxy) is 3. The van der Waals surface area contributed by atoms with Gasteiger partial charge in [-0.3, -0.25) is 9.59 Å². The van der Waals surface area contributed by atoms with E-state index in [1.165, 1.54) is 18.1 Å². The van der Waals surface area contributed by atoms with E-state index in [1.807, 2.05) is 6.92 Å². The Kier molecular flexibility index (Phi) is 5.69. The summed E-state index contributed by atoms with van der Waals surface area (Å²) in [5.74, 6) is -0.779.